The van der Waals surface area contributed by atoms with Crippen molar-refractivity contribution >= 4 is 17.7 Å². The van der Waals surface area contributed by atoms with Crippen LogP contribution in [0, 0.1) is 0 Å². The lowest BCUT2D eigenvalue weighted by Gasteiger charge is -2.36. The normalized spacial score (nSPS) is 19.9. The number of amides is 1. The molecule has 0 aromatic carbocycles. The van der Waals surface area contributed by atoms with E-state index in [2.05, 4.69) is 16.9 Å². The Hall–Kier alpha value is -0.260. The number of rotatable bonds is 8. The van der Waals surface area contributed by atoms with Crippen LogP contribution in [0.2, 0.25) is 0 Å². The molecule has 1 unspecified atom stereocenters. The monoisotopic (exact) mass is 288 g/mol. The molecule has 4 nitrogen and oxygen atoms in total. The maximum absolute atomic E-state index is 11.7. The molecule has 1 aliphatic rings. The highest BCUT2D eigenvalue weighted by molar-refractivity contribution is 8.00. The molecule has 1 aliphatic carbocycles. The molecular weight excluding hydrogens is 260 g/mol. The van der Waals surface area contributed by atoms with E-state index in [4.69, 9.17) is 4.74 Å². The van der Waals surface area contributed by atoms with Crippen molar-refractivity contribution in [2.45, 2.75) is 49.8 Å². The van der Waals surface area contributed by atoms with E-state index in [1.165, 1.54) is 32.1 Å². The van der Waals surface area contributed by atoms with Gasteiger partial charge in [0.1, 0.15) is 0 Å². The van der Waals surface area contributed by atoms with Crippen LogP contribution in [-0.4, -0.2) is 49.8 Å². The van der Waals surface area contributed by atoms with Crippen molar-refractivity contribution in [1.82, 2.24) is 10.6 Å². The van der Waals surface area contributed by atoms with E-state index < -0.39 is 0 Å². The van der Waals surface area contributed by atoms with Crippen molar-refractivity contribution in [1.29, 1.82) is 0 Å². The lowest BCUT2D eigenvalue weighted by molar-refractivity contribution is -0.121. The van der Waals surface area contributed by atoms with Crippen molar-refractivity contribution < 1.29 is 9.53 Å². The number of hydrogen-bond donors (Lipinski definition) is 2. The number of carbonyl (C=O) groups is 1. The summed E-state index contributed by atoms with van der Waals surface area (Å²) in [6.07, 6.45) is 8.72. The second-order valence-corrected chi connectivity index (χ2v) is 6.75. The molecule has 0 heterocycles. The lowest BCUT2D eigenvalue weighted by Crippen LogP contribution is -2.45. The first-order valence-electron chi connectivity index (χ1n) is 7.16. The molecule has 0 radical (unpaired) electrons. The number of ether oxygens (including phenoxy) is 1. The van der Waals surface area contributed by atoms with Gasteiger partial charge in [0.05, 0.1) is 13.2 Å². The average Bonchev–Trinajstić information content (AvgIpc) is 2.40. The minimum absolute atomic E-state index is 0.0524. The molecule has 0 aromatic heterocycles. The van der Waals surface area contributed by atoms with Gasteiger partial charge in [-0.2, -0.15) is 11.8 Å². The van der Waals surface area contributed by atoms with Crippen LogP contribution in [0.25, 0.3) is 0 Å². The predicted molar refractivity (Wildman–Crippen MR) is 81.7 cm³/mol. The molecule has 112 valence electrons. The number of thioether (sulfide) groups is 1. The topological polar surface area (TPSA) is 50.4 Å². The molecule has 0 aliphatic heterocycles. The average molecular weight is 288 g/mol. The van der Waals surface area contributed by atoms with E-state index in [1.54, 1.807) is 7.11 Å². The third kappa shape index (κ3) is 6.15. The van der Waals surface area contributed by atoms with Crippen LogP contribution >= 0.6 is 11.8 Å². The molecule has 1 atom stereocenters. The summed E-state index contributed by atoms with van der Waals surface area (Å²) in [5, 5.41) is 6.24. The summed E-state index contributed by atoms with van der Waals surface area (Å²) in [6.45, 7) is 3.84. The zero-order valence-electron chi connectivity index (χ0n) is 12.5. The Balaban J connectivity index is 2.22. The Labute approximate surface area is 121 Å². The molecule has 0 spiro atoms. The fraction of sp³-hybridized carbons (Fsp3) is 0.929. The van der Waals surface area contributed by atoms with Crippen LogP contribution in [0.1, 0.15) is 39.0 Å². The zero-order valence-corrected chi connectivity index (χ0v) is 13.3. The molecule has 19 heavy (non-hydrogen) atoms. The highest BCUT2D eigenvalue weighted by Gasteiger charge is 2.30. The van der Waals surface area contributed by atoms with Gasteiger partial charge in [-0.15, -0.1) is 0 Å². The van der Waals surface area contributed by atoms with E-state index in [0.717, 1.165) is 6.54 Å². The summed E-state index contributed by atoms with van der Waals surface area (Å²) in [7, 11) is 1.65. The molecule has 0 aromatic rings. The molecule has 1 fully saturated rings. The van der Waals surface area contributed by atoms with E-state index in [-0.39, 0.29) is 11.9 Å². The fourth-order valence-electron chi connectivity index (χ4n) is 2.67. The first kappa shape index (κ1) is 16.8. The van der Waals surface area contributed by atoms with Crippen molar-refractivity contribution in [3.63, 3.8) is 0 Å². The van der Waals surface area contributed by atoms with Gasteiger partial charge in [0.25, 0.3) is 0 Å². The summed E-state index contributed by atoms with van der Waals surface area (Å²) in [5.74, 6) is 0.0524. The SMILES string of the molecule is COCC(C)NC(=O)CNCC1(SC)CCCCC1. The quantitative estimate of drug-likeness (QED) is 0.715. The Morgan fingerprint density at radius 3 is 2.63 bits per heavy atom. The Morgan fingerprint density at radius 1 is 1.37 bits per heavy atom. The fourth-order valence-corrected chi connectivity index (χ4v) is 3.61. The molecule has 5 heteroatoms. The number of methoxy groups -OCH3 is 1. The first-order valence-corrected chi connectivity index (χ1v) is 8.38. The summed E-state index contributed by atoms with van der Waals surface area (Å²) >= 11 is 1.95. The molecule has 0 saturated heterocycles. The Morgan fingerprint density at radius 2 is 2.05 bits per heavy atom. The largest absolute Gasteiger partial charge is 0.383 e. The minimum Gasteiger partial charge on any atom is -0.383 e. The van der Waals surface area contributed by atoms with E-state index in [0.29, 0.717) is 17.9 Å². The van der Waals surface area contributed by atoms with Crippen LogP contribution in [-0.2, 0) is 9.53 Å². The van der Waals surface area contributed by atoms with Crippen LogP contribution in [0.5, 0.6) is 0 Å². The summed E-state index contributed by atoms with van der Waals surface area (Å²) in [5.41, 5.74) is 0. The van der Waals surface area contributed by atoms with E-state index >= 15 is 0 Å². The predicted octanol–water partition coefficient (Wildman–Crippen LogP) is 1.79. The van der Waals surface area contributed by atoms with E-state index in [1.807, 2.05) is 18.7 Å². The van der Waals surface area contributed by atoms with Crippen LogP contribution in [0.4, 0.5) is 0 Å². The zero-order chi connectivity index (χ0) is 14.1. The van der Waals surface area contributed by atoms with Crippen LogP contribution < -0.4 is 10.6 Å². The second-order valence-electron chi connectivity index (χ2n) is 5.48. The van der Waals surface area contributed by atoms with Gasteiger partial charge in [0.2, 0.25) is 5.91 Å². The summed E-state index contributed by atoms with van der Waals surface area (Å²) in [6, 6.07) is 0.0727. The van der Waals surface area contributed by atoms with Crippen molar-refractivity contribution in [2.75, 3.05) is 33.1 Å². The van der Waals surface area contributed by atoms with Crippen LogP contribution in [0.3, 0.4) is 0 Å². The highest BCUT2D eigenvalue weighted by Crippen LogP contribution is 2.37. The van der Waals surface area contributed by atoms with Gasteiger partial charge in [-0.25, -0.2) is 0 Å². The lowest BCUT2D eigenvalue weighted by atomic mass is 9.88. The first-order chi connectivity index (χ1) is 9.12. The van der Waals surface area contributed by atoms with Crippen molar-refractivity contribution in [3.8, 4) is 0 Å². The highest BCUT2D eigenvalue weighted by atomic mass is 32.2. The summed E-state index contributed by atoms with van der Waals surface area (Å²) in [4.78, 5) is 11.7. The minimum atomic E-state index is 0.0524. The standard InChI is InChI=1S/C14H28N2O2S/c1-12(10-18-2)16-13(17)9-15-11-14(19-3)7-5-4-6-8-14/h12,15H,4-11H2,1-3H3,(H,16,17). The van der Waals surface area contributed by atoms with Crippen molar-refractivity contribution in [3.05, 3.63) is 0 Å². The van der Waals surface area contributed by atoms with Gasteiger partial charge in [-0.1, -0.05) is 19.3 Å². The van der Waals surface area contributed by atoms with Crippen molar-refractivity contribution in [2.24, 2.45) is 0 Å². The second kappa shape index (κ2) is 8.82. The summed E-state index contributed by atoms with van der Waals surface area (Å²) < 4.78 is 5.34. The molecule has 1 rings (SSSR count). The van der Waals surface area contributed by atoms with Gasteiger partial charge in [-0.05, 0) is 26.0 Å². The smallest absolute Gasteiger partial charge is 0.234 e. The maximum Gasteiger partial charge on any atom is 0.234 e. The van der Waals surface area contributed by atoms with Gasteiger partial charge in [-0.3, -0.25) is 4.79 Å². The molecular formula is C14H28N2O2S. The molecule has 0 bridgehead atoms. The molecule has 1 saturated carbocycles. The Kier molecular flexibility index (Phi) is 7.80. The third-order valence-electron chi connectivity index (χ3n) is 3.75. The van der Waals surface area contributed by atoms with Gasteiger partial charge in [0.15, 0.2) is 0 Å². The maximum atomic E-state index is 11.7. The van der Waals surface area contributed by atoms with Gasteiger partial charge < -0.3 is 15.4 Å². The Bertz CT molecular complexity index is 268. The molecule has 1 amide bonds. The van der Waals surface area contributed by atoms with Gasteiger partial charge >= 0.3 is 0 Å². The molecule has 2 N–H and O–H groups in total. The van der Waals surface area contributed by atoms with Gasteiger partial charge in [0, 0.05) is 24.4 Å². The number of nitrogens with one attached hydrogen (secondary N) is 2. The van der Waals surface area contributed by atoms with Crippen LogP contribution in [0.15, 0.2) is 0 Å². The van der Waals surface area contributed by atoms with E-state index in [9.17, 15) is 4.79 Å². The number of carbonyl (C=O) groups excluding carboxylic acids is 1. The number of hydrogen-bond acceptors (Lipinski definition) is 4. The third-order valence-corrected chi connectivity index (χ3v) is 5.17.